The number of aromatic nitrogens is 3. The van der Waals surface area contributed by atoms with E-state index < -0.39 is 5.97 Å². The molecule has 2 aromatic heterocycles. The van der Waals surface area contributed by atoms with Gasteiger partial charge in [0.15, 0.2) is 16.8 Å². The molecule has 0 saturated heterocycles. The summed E-state index contributed by atoms with van der Waals surface area (Å²) in [6.45, 7) is 7.34. The largest absolute Gasteiger partial charge is 0.462 e. The number of amides is 1. The number of benzene rings is 1. The van der Waals surface area contributed by atoms with Crippen molar-refractivity contribution in [2.45, 2.75) is 40.2 Å². The number of hydrogen-bond donors (Lipinski definition) is 1. The van der Waals surface area contributed by atoms with E-state index in [0.29, 0.717) is 48.6 Å². The molecule has 0 saturated carbocycles. The van der Waals surface area contributed by atoms with E-state index in [-0.39, 0.29) is 18.1 Å². The molecule has 0 aliphatic carbocycles. The maximum Gasteiger partial charge on any atom is 0.343 e. The number of thiazole rings is 1. The Morgan fingerprint density at radius 1 is 1.21 bits per heavy atom. The first-order valence-electron chi connectivity index (χ1n) is 11.1. The van der Waals surface area contributed by atoms with E-state index >= 15 is 0 Å². The molecule has 0 spiro atoms. The molecule has 0 fully saturated rings. The average Bonchev–Trinajstić information content (AvgIpc) is 3.20. The van der Waals surface area contributed by atoms with Gasteiger partial charge < -0.3 is 15.0 Å². The number of anilines is 2. The summed E-state index contributed by atoms with van der Waals surface area (Å²) in [6, 6.07) is 9.56. The van der Waals surface area contributed by atoms with E-state index in [9.17, 15) is 9.59 Å². The van der Waals surface area contributed by atoms with Crippen LogP contribution in [0.15, 0.2) is 36.5 Å². The molecule has 0 atom stereocenters. The standard InChI is InChI=1S/C24H27N5O3S/c1-4-32-23(31)17-13-25-21(16-8-6-5-7-9-16)27-22(17)28-24-26-18-10-11-29(14-19(18)33-24)20(30)12-15(2)3/h5-9,13,15H,4,10-12,14H2,1-3H3,(H,25,26,27,28). The van der Waals surface area contributed by atoms with Gasteiger partial charge >= 0.3 is 5.97 Å². The third-order valence-electron chi connectivity index (χ3n) is 5.21. The van der Waals surface area contributed by atoms with Crippen molar-refractivity contribution in [1.29, 1.82) is 0 Å². The number of esters is 1. The van der Waals surface area contributed by atoms with Crippen molar-refractivity contribution in [3.8, 4) is 11.4 Å². The lowest BCUT2D eigenvalue weighted by Gasteiger charge is -2.26. The van der Waals surface area contributed by atoms with Gasteiger partial charge in [0.25, 0.3) is 0 Å². The molecule has 172 valence electrons. The predicted molar refractivity (Wildman–Crippen MR) is 127 cm³/mol. The van der Waals surface area contributed by atoms with E-state index in [1.54, 1.807) is 6.92 Å². The van der Waals surface area contributed by atoms with Crippen LogP contribution in [0.4, 0.5) is 10.9 Å². The van der Waals surface area contributed by atoms with E-state index in [2.05, 4.69) is 29.1 Å². The van der Waals surface area contributed by atoms with E-state index in [1.807, 2.05) is 35.2 Å². The Hall–Kier alpha value is -3.33. The highest BCUT2D eigenvalue weighted by molar-refractivity contribution is 7.15. The normalized spacial score (nSPS) is 13.0. The summed E-state index contributed by atoms with van der Waals surface area (Å²) >= 11 is 1.48. The van der Waals surface area contributed by atoms with Crippen molar-refractivity contribution < 1.29 is 14.3 Å². The van der Waals surface area contributed by atoms with Gasteiger partial charge in [0, 0.05) is 36.0 Å². The number of nitrogens with one attached hydrogen (secondary N) is 1. The molecular formula is C24H27N5O3S. The lowest BCUT2D eigenvalue weighted by Crippen LogP contribution is -2.36. The Balaban J connectivity index is 1.60. The van der Waals surface area contributed by atoms with Crippen LogP contribution in [0.25, 0.3) is 11.4 Å². The van der Waals surface area contributed by atoms with Crippen LogP contribution in [0.3, 0.4) is 0 Å². The number of ether oxygens (including phenoxy) is 1. The minimum atomic E-state index is -0.494. The zero-order chi connectivity index (χ0) is 23.4. The third-order valence-corrected chi connectivity index (χ3v) is 6.21. The zero-order valence-corrected chi connectivity index (χ0v) is 19.8. The van der Waals surface area contributed by atoms with Gasteiger partial charge in [0.2, 0.25) is 5.91 Å². The lowest BCUT2D eigenvalue weighted by atomic mass is 10.1. The molecule has 3 aromatic rings. The number of fused-ring (bicyclic) bond motifs is 1. The molecule has 1 amide bonds. The molecule has 1 aromatic carbocycles. The second-order valence-electron chi connectivity index (χ2n) is 8.22. The summed E-state index contributed by atoms with van der Waals surface area (Å²) in [4.78, 5) is 41.6. The molecule has 0 radical (unpaired) electrons. The van der Waals surface area contributed by atoms with Crippen molar-refractivity contribution in [2.75, 3.05) is 18.5 Å². The molecule has 33 heavy (non-hydrogen) atoms. The van der Waals surface area contributed by atoms with Gasteiger partial charge in [-0.1, -0.05) is 55.5 Å². The average molecular weight is 466 g/mol. The molecule has 1 N–H and O–H groups in total. The highest BCUT2D eigenvalue weighted by atomic mass is 32.1. The van der Waals surface area contributed by atoms with Gasteiger partial charge in [0.05, 0.1) is 18.8 Å². The van der Waals surface area contributed by atoms with Crippen molar-refractivity contribution in [3.05, 3.63) is 52.7 Å². The van der Waals surface area contributed by atoms with Crippen LogP contribution in [0.5, 0.6) is 0 Å². The van der Waals surface area contributed by atoms with E-state index in [1.165, 1.54) is 17.5 Å². The Morgan fingerprint density at radius 2 is 2.00 bits per heavy atom. The molecule has 1 aliphatic heterocycles. The maximum absolute atomic E-state index is 12.5. The minimum Gasteiger partial charge on any atom is -0.462 e. The number of carbonyl (C=O) groups excluding carboxylic acids is 2. The highest BCUT2D eigenvalue weighted by Gasteiger charge is 2.25. The van der Waals surface area contributed by atoms with Gasteiger partial charge in [-0.25, -0.2) is 19.7 Å². The Kier molecular flexibility index (Phi) is 6.98. The zero-order valence-electron chi connectivity index (χ0n) is 19.0. The maximum atomic E-state index is 12.5. The third kappa shape index (κ3) is 5.36. The van der Waals surface area contributed by atoms with Gasteiger partial charge in [0.1, 0.15) is 5.56 Å². The fraction of sp³-hybridized carbons (Fsp3) is 0.375. The molecular weight excluding hydrogens is 438 g/mol. The first-order valence-corrected chi connectivity index (χ1v) is 11.9. The number of carbonyl (C=O) groups is 2. The molecule has 9 heteroatoms. The summed E-state index contributed by atoms with van der Waals surface area (Å²) in [5, 5.41) is 3.83. The van der Waals surface area contributed by atoms with Gasteiger partial charge in [-0.05, 0) is 12.8 Å². The summed E-state index contributed by atoms with van der Waals surface area (Å²) < 4.78 is 5.19. The van der Waals surface area contributed by atoms with Crippen LogP contribution in [0.1, 0.15) is 48.1 Å². The van der Waals surface area contributed by atoms with E-state index in [0.717, 1.165) is 16.1 Å². The summed E-state index contributed by atoms with van der Waals surface area (Å²) in [7, 11) is 0. The Labute approximate surface area is 197 Å². The van der Waals surface area contributed by atoms with Crippen molar-refractivity contribution in [2.24, 2.45) is 5.92 Å². The molecule has 0 unspecified atom stereocenters. The fourth-order valence-electron chi connectivity index (χ4n) is 3.60. The van der Waals surface area contributed by atoms with Crippen LogP contribution in [0.2, 0.25) is 0 Å². The first kappa shape index (κ1) is 22.8. The number of nitrogens with zero attached hydrogens (tertiary/aromatic N) is 4. The van der Waals surface area contributed by atoms with Crippen molar-refractivity contribution >= 4 is 34.2 Å². The number of rotatable bonds is 7. The van der Waals surface area contributed by atoms with Gasteiger partial charge in [-0.3, -0.25) is 4.79 Å². The fourth-order valence-corrected chi connectivity index (χ4v) is 4.63. The molecule has 1 aliphatic rings. The van der Waals surface area contributed by atoms with Crippen LogP contribution in [-0.2, 0) is 22.5 Å². The first-order chi connectivity index (χ1) is 15.9. The summed E-state index contributed by atoms with van der Waals surface area (Å²) in [6.07, 6.45) is 2.74. The topological polar surface area (TPSA) is 97.3 Å². The summed E-state index contributed by atoms with van der Waals surface area (Å²) in [5.74, 6) is 0.854. The minimum absolute atomic E-state index is 0.173. The SMILES string of the molecule is CCOC(=O)c1cnc(-c2ccccc2)nc1Nc1nc2c(s1)CN(C(=O)CC(C)C)CC2. The van der Waals surface area contributed by atoms with Gasteiger partial charge in [-0.2, -0.15) is 0 Å². The molecule has 8 nitrogen and oxygen atoms in total. The quantitative estimate of drug-likeness (QED) is 0.515. The second kappa shape index (κ2) is 10.1. The van der Waals surface area contributed by atoms with Gasteiger partial charge in [-0.15, -0.1) is 0 Å². The van der Waals surface area contributed by atoms with Crippen LogP contribution in [0, 0.1) is 5.92 Å². The monoisotopic (exact) mass is 465 g/mol. The predicted octanol–water partition coefficient (Wildman–Crippen LogP) is 4.45. The Morgan fingerprint density at radius 3 is 2.73 bits per heavy atom. The summed E-state index contributed by atoms with van der Waals surface area (Å²) in [5.41, 5.74) is 2.07. The smallest absolute Gasteiger partial charge is 0.343 e. The van der Waals surface area contributed by atoms with E-state index in [4.69, 9.17) is 9.72 Å². The van der Waals surface area contributed by atoms with Crippen LogP contribution in [-0.4, -0.2) is 44.9 Å². The molecule has 4 rings (SSSR count). The van der Waals surface area contributed by atoms with Crippen molar-refractivity contribution in [3.63, 3.8) is 0 Å². The highest BCUT2D eigenvalue weighted by Crippen LogP contribution is 2.31. The van der Waals surface area contributed by atoms with Crippen LogP contribution < -0.4 is 5.32 Å². The lowest BCUT2D eigenvalue weighted by molar-refractivity contribution is -0.132. The Bertz CT molecular complexity index is 1150. The molecule has 3 heterocycles. The van der Waals surface area contributed by atoms with Crippen molar-refractivity contribution in [1.82, 2.24) is 19.9 Å². The number of hydrogen-bond acceptors (Lipinski definition) is 8. The second-order valence-corrected chi connectivity index (χ2v) is 9.30. The van der Waals surface area contributed by atoms with Crippen LogP contribution >= 0.6 is 11.3 Å². The molecule has 0 bridgehead atoms.